The van der Waals surface area contributed by atoms with E-state index in [1.165, 1.54) is 0 Å². The lowest BCUT2D eigenvalue weighted by atomic mass is 10.3. The largest absolute Gasteiger partial charge is 0.394 e. The normalized spacial score (nSPS) is 13.8. The molecule has 1 rings (SSSR count). The van der Waals surface area contributed by atoms with Crippen LogP contribution >= 0.6 is 0 Å². The minimum Gasteiger partial charge on any atom is -0.394 e. The third kappa shape index (κ3) is 1.62. The lowest BCUT2D eigenvalue weighted by Crippen LogP contribution is -2.20. The molecule has 0 bridgehead atoms. The molecule has 0 amide bonds. The van der Waals surface area contributed by atoms with Crippen molar-refractivity contribution in [1.82, 2.24) is 14.8 Å². The summed E-state index contributed by atoms with van der Waals surface area (Å²) in [6.07, 6.45) is 1.62. The summed E-state index contributed by atoms with van der Waals surface area (Å²) in [5.41, 5.74) is 5.60. The second-order valence-corrected chi connectivity index (χ2v) is 2.98. The van der Waals surface area contributed by atoms with Gasteiger partial charge in [-0.2, -0.15) is 0 Å². The van der Waals surface area contributed by atoms with Crippen LogP contribution in [0.5, 0.6) is 0 Å². The highest BCUT2D eigenvalue weighted by molar-refractivity contribution is 4.94. The molecule has 1 heterocycles. The number of rotatable bonds is 3. The third-order valence-electron chi connectivity index (χ3n) is 1.69. The van der Waals surface area contributed by atoms with Crippen molar-refractivity contribution in [3.05, 3.63) is 12.2 Å². The predicted molar refractivity (Wildman–Crippen MR) is 44.4 cm³/mol. The zero-order chi connectivity index (χ0) is 9.14. The molecular formula is C7H14N4O. The Labute approximate surface area is 71.2 Å². The van der Waals surface area contributed by atoms with Crippen molar-refractivity contribution in [2.75, 3.05) is 6.61 Å². The monoisotopic (exact) mass is 170 g/mol. The first-order valence-corrected chi connectivity index (χ1v) is 3.92. The lowest BCUT2D eigenvalue weighted by molar-refractivity contribution is 0.259. The van der Waals surface area contributed by atoms with Crippen molar-refractivity contribution in [2.45, 2.75) is 25.9 Å². The summed E-state index contributed by atoms with van der Waals surface area (Å²) in [4.78, 5) is 0. The Morgan fingerprint density at radius 3 is 2.83 bits per heavy atom. The average molecular weight is 170 g/mol. The number of aliphatic hydroxyl groups excluding tert-OH is 1. The summed E-state index contributed by atoms with van der Waals surface area (Å²) >= 11 is 0. The molecular weight excluding hydrogens is 156 g/mol. The molecule has 0 aliphatic rings. The van der Waals surface area contributed by atoms with Crippen LogP contribution in [-0.4, -0.2) is 26.5 Å². The van der Waals surface area contributed by atoms with Gasteiger partial charge in [-0.1, -0.05) is 0 Å². The Hall–Kier alpha value is -0.940. The molecule has 0 radical (unpaired) electrons. The average Bonchev–Trinajstić information content (AvgIpc) is 2.50. The predicted octanol–water partition coefficient (Wildman–Crippen LogP) is -0.149. The van der Waals surface area contributed by atoms with Crippen LogP contribution in [0.1, 0.15) is 31.8 Å². The Morgan fingerprint density at radius 1 is 1.67 bits per heavy atom. The van der Waals surface area contributed by atoms with E-state index < -0.39 is 6.04 Å². The van der Waals surface area contributed by atoms with Crippen molar-refractivity contribution in [3.8, 4) is 0 Å². The molecule has 0 aliphatic heterocycles. The van der Waals surface area contributed by atoms with Gasteiger partial charge >= 0.3 is 0 Å². The number of nitrogens with two attached hydrogens (primary N) is 1. The highest BCUT2D eigenvalue weighted by Gasteiger charge is 2.13. The summed E-state index contributed by atoms with van der Waals surface area (Å²) in [5, 5.41) is 16.4. The van der Waals surface area contributed by atoms with Gasteiger partial charge in [-0.3, -0.25) is 0 Å². The van der Waals surface area contributed by atoms with Gasteiger partial charge in [0.25, 0.3) is 0 Å². The highest BCUT2D eigenvalue weighted by Crippen LogP contribution is 2.11. The smallest absolute Gasteiger partial charge is 0.152 e. The topological polar surface area (TPSA) is 77.0 Å². The summed E-state index contributed by atoms with van der Waals surface area (Å²) in [7, 11) is 0. The second kappa shape index (κ2) is 3.64. The van der Waals surface area contributed by atoms with Crippen molar-refractivity contribution in [3.63, 3.8) is 0 Å². The summed E-state index contributed by atoms with van der Waals surface area (Å²) in [6, 6.07) is -0.164. The van der Waals surface area contributed by atoms with Crippen LogP contribution in [0.2, 0.25) is 0 Å². The van der Waals surface area contributed by atoms with Gasteiger partial charge in [0.2, 0.25) is 0 Å². The van der Waals surface area contributed by atoms with E-state index in [1.54, 1.807) is 6.33 Å². The molecule has 0 aliphatic carbocycles. The van der Waals surface area contributed by atoms with Gasteiger partial charge in [-0.25, -0.2) is 0 Å². The van der Waals surface area contributed by atoms with E-state index in [9.17, 15) is 0 Å². The van der Waals surface area contributed by atoms with Crippen molar-refractivity contribution >= 4 is 0 Å². The Balaban J connectivity index is 2.91. The molecule has 1 aromatic rings. The zero-order valence-electron chi connectivity index (χ0n) is 7.31. The van der Waals surface area contributed by atoms with Gasteiger partial charge in [0.05, 0.1) is 12.6 Å². The number of nitrogens with zero attached hydrogens (tertiary/aromatic N) is 3. The molecule has 1 atom stereocenters. The number of aliphatic hydroxyl groups is 1. The van der Waals surface area contributed by atoms with Crippen LogP contribution < -0.4 is 5.73 Å². The maximum atomic E-state index is 8.81. The molecule has 12 heavy (non-hydrogen) atoms. The van der Waals surface area contributed by atoms with Crippen LogP contribution in [0.15, 0.2) is 6.33 Å². The molecule has 0 aromatic carbocycles. The van der Waals surface area contributed by atoms with Gasteiger partial charge in [0, 0.05) is 6.04 Å². The quantitative estimate of drug-likeness (QED) is 0.661. The van der Waals surface area contributed by atoms with Crippen LogP contribution in [0, 0.1) is 0 Å². The minimum absolute atomic E-state index is 0.106. The maximum absolute atomic E-state index is 8.81. The number of hydrogen-bond donors (Lipinski definition) is 2. The maximum Gasteiger partial charge on any atom is 0.152 e. The van der Waals surface area contributed by atoms with Crippen molar-refractivity contribution < 1.29 is 5.11 Å². The van der Waals surface area contributed by atoms with Gasteiger partial charge in [-0.05, 0) is 13.8 Å². The van der Waals surface area contributed by atoms with Gasteiger partial charge in [0.1, 0.15) is 6.33 Å². The van der Waals surface area contributed by atoms with E-state index in [0.29, 0.717) is 5.82 Å². The fraction of sp³-hybridized carbons (Fsp3) is 0.714. The first kappa shape index (κ1) is 9.15. The van der Waals surface area contributed by atoms with Crippen molar-refractivity contribution in [2.24, 2.45) is 5.73 Å². The fourth-order valence-electron chi connectivity index (χ4n) is 0.997. The Bertz CT molecular complexity index is 245. The first-order valence-electron chi connectivity index (χ1n) is 3.92. The molecule has 5 nitrogen and oxygen atoms in total. The summed E-state index contributed by atoms with van der Waals surface area (Å²) in [5.74, 6) is 0.632. The molecule has 0 unspecified atom stereocenters. The van der Waals surface area contributed by atoms with E-state index >= 15 is 0 Å². The third-order valence-corrected chi connectivity index (χ3v) is 1.69. The second-order valence-electron chi connectivity index (χ2n) is 2.98. The van der Waals surface area contributed by atoms with Crippen LogP contribution in [0.3, 0.4) is 0 Å². The minimum atomic E-state index is -0.435. The van der Waals surface area contributed by atoms with Crippen LogP contribution in [0.4, 0.5) is 0 Å². The highest BCUT2D eigenvalue weighted by atomic mass is 16.3. The molecule has 0 saturated carbocycles. The number of hydrogen-bond acceptors (Lipinski definition) is 4. The molecule has 3 N–H and O–H groups in total. The lowest BCUT2D eigenvalue weighted by Gasteiger charge is -2.12. The molecule has 5 heteroatoms. The van der Waals surface area contributed by atoms with E-state index in [-0.39, 0.29) is 12.6 Å². The summed E-state index contributed by atoms with van der Waals surface area (Å²) < 4.78 is 1.85. The van der Waals surface area contributed by atoms with E-state index in [4.69, 9.17) is 10.8 Å². The van der Waals surface area contributed by atoms with E-state index in [0.717, 1.165) is 0 Å². The van der Waals surface area contributed by atoms with Gasteiger partial charge in [-0.15, -0.1) is 10.2 Å². The molecule has 0 spiro atoms. The summed E-state index contributed by atoms with van der Waals surface area (Å²) in [6.45, 7) is 3.92. The van der Waals surface area contributed by atoms with Crippen molar-refractivity contribution in [1.29, 1.82) is 0 Å². The Kier molecular flexibility index (Phi) is 2.78. The standard InChI is InChI=1S/C7H14N4O/c1-5(2)11-4-9-10-7(11)6(8)3-12/h4-6,12H,3,8H2,1-2H3/t6-/m0/s1. The molecule has 68 valence electrons. The Morgan fingerprint density at radius 2 is 2.33 bits per heavy atom. The van der Waals surface area contributed by atoms with Crippen LogP contribution in [0.25, 0.3) is 0 Å². The SMILES string of the molecule is CC(C)n1cnnc1[C@@H](N)CO. The van der Waals surface area contributed by atoms with Crippen LogP contribution in [-0.2, 0) is 0 Å². The molecule has 1 aromatic heterocycles. The first-order chi connectivity index (χ1) is 5.66. The zero-order valence-corrected chi connectivity index (χ0v) is 7.31. The van der Waals surface area contributed by atoms with Gasteiger partial charge < -0.3 is 15.4 Å². The van der Waals surface area contributed by atoms with E-state index in [1.807, 2.05) is 18.4 Å². The molecule has 0 fully saturated rings. The fourth-order valence-corrected chi connectivity index (χ4v) is 0.997. The van der Waals surface area contributed by atoms with Gasteiger partial charge in [0.15, 0.2) is 5.82 Å². The molecule has 0 saturated heterocycles. The van der Waals surface area contributed by atoms with E-state index in [2.05, 4.69) is 10.2 Å². The number of aromatic nitrogens is 3.